The number of alkyl halides is 3. The maximum Gasteiger partial charge on any atom is 0.417 e. The van der Waals surface area contributed by atoms with E-state index in [1.807, 2.05) is 24.3 Å². The number of halogens is 3. The highest BCUT2D eigenvalue weighted by Gasteiger charge is 2.35. The molecule has 1 aromatic heterocycles. The third-order valence-corrected chi connectivity index (χ3v) is 5.66. The van der Waals surface area contributed by atoms with Gasteiger partial charge in [-0.3, -0.25) is 0 Å². The largest absolute Gasteiger partial charge is 0.417 e. The Morgan fingerprint density at radius 2 is 2.07 bits per heavy atom. The summed E-state index contributed by atoms with van der Waals surface area (Å²) in [6.45, 7) is 4.68. The first-order valence-electron chi connectivity index (χ1n) is 9.77. The van der Waals surface area contributed by atoms with Crippen molar-refractivity contribution in [3.8, 4) is 6.07 Å². The lowest BCUT2D eigenvalue weighted by Gasteiger charge is -2.39. The molecule has 0 saturated heterocycles. The molecule has 1 heterocycles. The normalized spacial score (nSPS) is 20.0. The van der Waals surface area contributed by atoms with Gasteiger partial charge in [0, 0.05) is 36.2 Å². The van der Waals surface area contributed by atoms with Gasteiger partial charge in [-0.1, -0.05) is 6.92 Å². The molecule has 0 N–H and O–H groups in total. The van der Waals surface area contributed by atoms with Gasteiger partial charge in [0.15, 0.2) is 0 Å². The van der Waals surface area contributed by atoms with Gasteiger partial charge < -0.3 is 9.47 Å². The van der Waals surface area contributed by atoms with Crippen LogP contribution in [0.25, 0.3) is 0 Å². The van der Waals surface area contributed by atoms with Crippen molar-refractivity contribution < 1.29 is 13.2 Å². The van der Waals surface area contributed by atoms with Crippen LogP contribution in [-0.4, -0.2) is 22.1 Å². The number of nitrogens with zero attached hydrogens (tertiary/aromatic N) is 4. The van der Waals surface area contributed by atoms with Crippen molar-refractivity contribution >= 4 is 5.69 Å². The summed E-state index contributed by atoms with van der Waals surface area (Å²) in [4.78, 5) is 6.31. The highest BCUT2D eigenvalue weighted by Crippen LogP contribution is 2.38. The number of imidazole rings is 1. The fourth-order valence-corrected chi connectivity index (χ4v) is 4.30. The van der Waals surface area contributed by atoms with Crippen LogP contribution in [0.4, 0.5) is 18.9 Å². The lowest BCUT2D eigenvalue weighted by Crippen LogP contribution is -2.39. The average Bonchev–Trinajstić information content (AvgIpc) is 3.17. The number of aromatic nitrogens is 2. The molecule has 1 aliphatic rings. The molecule has 0 bridgehead atoms. The topological polar surface area (TPSA) is 44.9 Å². The molecule has 7 heteroatoms. The van der Waals surface area contributed by atoms with E-state index < -0.39 is 11.7 Å². The number of hydrogen-bond acceptors (Lipinski definition) is 3. The number of benzene rings is 1. The summed E-state index contributed by atoms with van der Waals surface area (Å²) in [7, 11) is 0. The van der Waals surface area contributed by atoms with Gasteiger partial charge in [0.2, 0.25) is 0 Å². The number of nitriles is 1. The van der Waals surface area contributed by atoms with Gasteiger partial charge in [-0.25, -0.2) is 4.98 Å². The predicted octanol–water partition coefficient (Wildman–Crippen LogP) is 5.35. The number of rotatable bonds is 5. The van der Waals surface area contributed by atoms with E-state index in [-0.39, 0.29) is 11.6 Å². The van der Waals surface area contributed by atoms with Crippen molar-refractivity contribution in [2.24, 2.45) is 0 Å². The fourth-order valence-electron chi connectivity index (χ4n) is 4.30. The first-order chi connectivity index (χ1) is 13.4. The SMILES string of the molecule is CCc1cncn1C1CCCC(N(CC)c2ccc(C#N)c(C(F)(F)F)c2)C1. The Bertz CT molecular complexity index is 850. The maximum absolute atomic E-state index is 13.4. The van der Waals surface area contributed by atoms with Crippen LogP contribution in [0.2, 0.25) is 0 Å². The van der Waals surface area contributed by atoms with Crippen LogP contribution in [0.1, 0.15) is 62.4 Å². The number of hydrogen-bond donors (Lipinski definition) is 0. The molecule has 0 amide bonds. The van der Waals surface area contributed by atoms with E-state index in [4.69, 9.17) is 5.26 Å². The summed E-state index contributed by atoms with van der Waals surface area (Å²) >= 11 is 0. The molecule has 1 aromatic carbocycles. The third kappa shape index (κ3) is 4.01. The van der Waals surface area contributed by atoms with Gasteiger partial charge >= 0.3 is 6.18 Å². The minimum Gasteiger partial charge on any atom is -0.369 e. The van der Waals surface area contributed by atoms with Crippen LogP contribution >= 0.6 is 0 Å². The van der Waals surface area contributed by atoms with E-state index in [0.717, 1.165) is 38.2 Å². The molecule has 1 aliphatic carbocycles. The van der Waals surface area contributed by atoms with Crippen LogP contribution in [0.3, 0.4) is 0 Å². The summed E-state index contributed by atoms with van der Waals surface area (Å²) < 4.78 is 42.4. The fraction of sp³-hybridized carbons (Fsp3) is 0.524. The van der Waals surface area contributed by atoms with E-state index in [9.17, 15) is 13.2 Å². The molecule has 0 spiro atoms. The van der Waals surface area contributed by atoms with Crippen LogP contribution < -0.4 is 4.90 Å². The maximum atomic E-state index is 13.4. The summed E-state index contributed by atoms with van der Waals surface area (Å²) in [5, 5.41) is 9.03. The molecule has 28 heavy (non-hydrogen) atoms. The second-order valence-corrected chi connectivity index (χ2v) is 7.25. The first-order valence-corrected chi connectivity index (χ1v) is 9.77. The Labute approximate surface area is 163 Å². The molecule has 0 radical (unpaired) electrons. The predicted molar refractivity (Wildman–Crippen MR) is 102 cm³/mol. The van der Waals surface area contributed by atoms with E-state index in [2.05, 4.69) is 16.5 Å². The van der Waals surface area contributed by atoms with Gasteiger partial charge in [-0.2, -0.15) is 18.4 Å². The zero-order valence-electron chi connectivity index (χ0n) is 16.2. The molecule has 4 nitrogen and oxygen atoms in total. The molecule has 2 unspecified atom stereocenters. The van der Waals surface area contributed by atoms with Crippen molar-refractivity contribution in [1.82, 2.24) is 9.55 Å². The highest BCUT2D eigenvalue weighted by molar-refractivity contribution is 5.55. The smallest absolute Gasteiger partial charge is 0.369 e. The third-order valence-electron chi connectivity index (χ3n) is 5.66. The number of aryl methyl sites for hydroxylation is 1. The minimum atomic E-state index is -4.54. The molecular formula is C21H25F3N4. The van der Waals surface area contributed by atoms with Gasteiger partial charge in [-0.05, 0) is 57.2 Å². The molecule has 1 fully saturated rings. The zero-order valence-corrected chi connectivity index (χ0v) is 16.2. The monoisotopic (exact) mass is 390 g/mol. The standard InChI is InChI=1S/C21H25F3N4/c1-3-16-13-26-14-28(16)18-7-5-6-17(10-18)27(4-2)19-9-8-15(12-25)20(11-19)21(22,23)24/h8-9,11,13-14,17-18H,3-7,10H2,1-2H3. The van der Waals surface area contributed by atoms with Crippen LogP contribution in [0.15, 0.2) is 30.7 Å². The summed E-state index contributed by atoms with van der Waals surface area (Å²) in [6.07, 6.45) is 4.02. The highest BCUT2D eigenvalue weighted by atomic mass is 19.4. The van der Waals surface area contributed by atoms with E-state index in [0.29, 0.717) is 18.3 Å². The molecule has 3 rings (SSSR count). The van der Waals surface area contributed by atoms with Gasteiger partial charge in [-0.15, -0.1) is 0 Å². The van der Waals surface area contributed by atoms with Gasteiger partial charge in [0.05, 0.1) is 23.5 Å². The summed E-state index contributed by atoms with van der Waals surface area (Å²) in [5.41, 5.74) is 0.522. The van der Waals surface area contributed by atoms with Crippen molar-refractivity contribution in [3.05, 3.63) is 47.5 Å². The first kappa shape index (κ1) is 20.2. The van der Waals surface area contributed by atoms with Crippen molar-refractivity contribution in [3.63, 3.8) is 0 Å². The van der Waals surface area contributed by atoms with Crippen LogP contribution in [0.5, 0.6) is 0 Å². The Kier molecular flexibility index (Phi) is 5.97. The Balaban J connectivity index is 1.88. The summed E-state index contributed by atoms with van der Waals surface area (Å²) in [5.74, 6) is 0. The van der Waals surface area contributed by atoms with Crippen molar-refractivity contribution in [2.75, 3.05) is 11.4 Å². The second kappa shape index (κ2) is 8.26. The number of anilines is 1. The van der Waals surface area contributed by atoms with Crippen LogP contribution in [0, 0.1) is 11.3 Å². The Hall–Kier alpha value is -2.49. The molecule has 0 aliphatic heterocycles. The average molecular weight is 390 g/mol. The van der Waals surface area contributed by atoms with E-state index >= 15 is 0 Å². The Morgan fingerprint density at radius 1 is 1.29 bits per heavy atom. The molecule has 150 valence electrons. The molecule has 2 aromatic rings. The van der Waals surface area contributed by atoms with Crippen molar-refractivity contribution in [1.29, 1.82) is 5.26 Å². The van der Waals surface area contributed by atoms with Crippen molar-refractivity contribution in [2.45, 2.75) is 64.2 Å². The van der Waals surface area contributed by atoms with E-state index in [1.54, 1.807) is 12.1 Å². The zero-order chi connectivity index (χ0) is 20.3. The van der Waals surface area contributed by atoms with Crippen LogP contribution in [-0.2, 0) is 12.6 Å². The lowest BCUT2D eigenvalue weighted by atomic mass is 9.89. The minimum absolute atomic E-state index is 0.157. The molecular weight excluding hydrogens is 365 g/mol. The Morgan fingerprint density at radius 3 is 2.71 bits per heavy atom. The lowest BCUT2D eigenvalue weighted by molar-refractivity contribution is -0.137. The van der Waals surface area contributed by atoms with Gasteiger partial charge in [0.1, 0.15) is 0 Å². The second-order valence-electron chi connectivity index (χ2n) is 7.25. The quantitative estimate of drug-likeness (QED) is 0.692. The van der Waals surface area contributed by atoms with Gasteiger partial charge in [0.25, 0.3) is 0 Å². The van der Waals surface area contributed by atoms with E-state index in [1.165, 1.54) is 11.8 Å². The molecule has 1 saturated carbocycles. The summed E-state index contributed by atoms with van der Waals surface area (Å²) in [6, 6.07) is 6.17. The molecule has 2 atom stereocenters.